The number of rotatable bonds is 5. The molecular formula is C12H26N2O2. The lowest BCUT2D eigenvalue weighted by molar-refractivity contribution is -0.101. The molecule has 96 valence electrons. The normalized spacial score (nSPS) is 31.3. The van der Waals surface area contributed by atoms with Crippen LogP contribution < -0.4 is 5.73 Å². The first-order valence-corrected chi connectivity index (χ1v) is 6.11. The van der Waals surface area contributed by atoms with Gasteiger partial charge in [-0.3, -0.25) is 4.90 Å². The predicted molar refractivity (Wildman–Crippen MR) is 65.5 cm³/mol. The van der Waals surface area contributed by atoms with E-state index < -0.39 is 0 Å². The maximum atomic E-state index is 5.93. The van der Waals surface area contributed by atoms with Gasteiger partial charge < -0.3 is 15.2 Å². The van der Waals surface area contributed by atoms with Crippen LogP contribution in [0.25, 0.3) is 0 Å². The Labute approximate surface area is 99.1 Å². The molecule has 0 aromatic carbocycles. The Morgan fingerprint density at radius 2 is 1.94 bits per heavy atom. The summed E-state index contributed by atoms with van der Waals surface area (Å²) >= 11 is 0. The van der Waals surface area contributed by atoms with Gasteiger partial charge in [0.2, 0.25) is 0 Å². The van der Waals surface area contributed by atoms with Crippen LogP contribution in [0.2, 0.25) is 0 Å². The zero-order chi connectivity index (χ0) is 12.2. The van der Waals surface area contributed by atoms with E-state index in [0.29, 0.717) is 6.54 Å². The SMILES string of the molecule is COCCC(C)(CN)N1C[C@@H](C)O[C@@H](C)C1. The molecule has 1 aliphatic rings. The van der Waals surface area contributed by atoms with Crippen molar-refractivity contribution in [3.63, 3.8) is 0 Å². The molecule has 0 spiro atoms. The van der Waals surface area contributed by atoms with Crippen LogP contribution in [0.4, 0.5) is 0 Å². The standard InChI is InChI=1S/C12H26N2O2/c1-10-7-14(8-11(2)16-10)12(3,9-13)5-6-15-4/h10-11H,5-9,13H2,1-4H3/t10-,11+,12?. The number of nitrogens with two attached hydrogens (primary N) is 1. The first kappa shape index (κ1) is 13.9. The van der Waals surface area contributed by atoms with Crippen molar-refractivity contribution in [2.45, 2.75) is 44.9 Å². The number of morpholine rings is 1. The molecule has 0 saturated carbocycles. The van der Waals surface area contributed by atoms with Crippen LogP contribution in [-0.2, 0) is 9.47 Å². The smallest absolute Gasteiger partial charge is 0.0678 e. The fraction of sp³-hybridized carbons (Fsp3) is 1.00. The molecule has 0 radical (unpaired) electrons. The van der Waals surface area contributed by atoms with E-state index in [4.69, 9.17) is 15.2 Å². The summed E-state index contributed by atoms with van der Waals surface area (Å²) in [4.78, 5) is 2.45. The van der Waals surface area contributed by atoms with Crippen LogP contribution in [0.5, 0.6) is 0 Å². The summed E-state index contributed by atoms with van der Waals surface area (Å²) < 4.78 is 10.9. The van der Waals surface area contributed by atoms with E-state index >= 15 is 0 Å². The second-order valence-electron chi connectivity index (χ2n) is 5.11. The average molecular weight is 230 g/mol. The Balaban J connectivity index is 2.63. The van der Waals surface area contributed by atoms with Crippen LogP contribution in [0.3, 0.4) is 0 Å². The molecule has 1 saturated heterocycles. The lowest BCUT2D eigenvalue weighted by Crippen LogP contribution is -2.59. The monoisotopic (exact) mass is 230 g/mol. The highest BCUT2D eigenvalue weighted by Gasteiger charge is 2.35. The quantitative estimate of drug-likeness (QED) is 0.760. The Morgan fingerprint density at radius 1 is 1.38 bits per heavy atom. The van der Waals surface area contributed by atoms with Gasteiger partial charge in [-0.25, -0.2) is 0 Å². The van der Waals surface area contributed by atoms with Crippen molar-refractivity contribution in [2.75, 3.05) is 33.4 Å². The van der Waals surface area contributed by atoms with Crippen LogP contribution >= 0.6 is 0 Å². The summed E-state index contributed by atoms with van der Waals surface area (Å²) in [6.07, 6.45) is 1.55. The van der Waals surface area contributed by atoms with E-state index in [-0.39, 0.29) is 17.7 Å². The summed E-state index contributed by atoms with van der Waals surface area (Å²) in [6.45, 7) is 9.80. The Bertz CT molecular complexity index is 203. The van der Waals surface area contributed by atoms with E-state index in [9.17, 15) is 0 Å². The van der Waals surface area contributed by atoms with Gasteiger partial charge in [0, 0.05) is 38.9 Å². The number of hydrogen-bond donors (Lipinski definition) is 1. The molecule has 0 amide bonds. The molecule has 1 unspecified atom stereocenters. The third-order valence-electron chi connectivity index (χ3n) is 3.47. The number of ether oxygens (including phenoxy) is 2. The molecule has 0 aromatic heterocycles. The fourth-order valence-electron chi connectivity index (χ4n) is 2.33. The van der Waals surface area contributed by atoms with Gasteiger partial charge >= 0.3 is 0 Å². The number of methoxy groups -OCH3 is 1. The lowest BCUT2D eigenvalue weighted by Gasteiger charge is -2.46. The van der Waals surface area contributed by atoms with Gasteiger partial charge in [0.15, 0.2) is 0 Å². The molecule has 4 heteroatoms. The van der Waals surface area contributed by atoms with Gasteiger partial charge in [0.05, 0.1) is 12.2 Å². The molecule has 4 nitrogen and oxygen atoms in total. The Kier molecular flexibility index (Phi) is 5.18. The van der Waals surface area contributed by atoms with Crippen molar-refractivity contribution >= 4 is 0 Å². The third kappa shape index (κ3) is 3.42. The van der Waals surface area contributed by atoms with Crippen LogP contribution in [0.15, 0.2) is 0 Å². The van der Waals surface area contributed by atoms with E-state index in [0.717, 1.165) is 26.1 Å². The van der Waals surface area contributed by atoms with Gasteiger partial charge in [-0.1, -0.05) is 0 Å². The number of hydrogen-bond acceptors (Lipinski definition) is 4. The average Bonchev–Trinajstić information content (AvgIpc) is 2.24. The molecular weight excluding hydrogens is 204 g/mol. The number of nitrogens with zero attached hydrogens (tertiary/aromatic N) is 1. The summed E-state index contributed by atoms with van der Waals surface area (Å²) in [5.74, 6) is 0. The maximum absolute atomic E-state index is 5.93. The molecule has 1 heterocycles. The minimum absolute atomic E-state index is 0.0301. The minimum atomic E-state index is 0.0301. The molecule has 0 aliphatic carbocycles. The Hall–Kier alpha value is -0.160. The summed E-state index contributed by atoms with van der Waals surface area (Å²) in [5, 5.41) is 0. The molecule has 0 bridgehead atoms. The zero-order valence-electron chi connectivity index (χ0n) is 11.0. The van der Waals surface area contributed by atoms with Gasteiger partial charge in [-0.2, -0.15) is 0 Å². The highest BCUT2D eigenvalue weighted by molar-refractivity contribution is 4.91. The Morgan fingerprint density at radius 3 is 2.38 bits per heavy atom. The maximum Gasteiger partial charge on any atom is 0.0678 e. The zero-order valence-corrected chi connectivity index (χ0v) is 11.0. The first-order chi connectivity index (χ1) is 7.51. The van der Waals surface area contributed by atoms with Gasteiger partial charge in [0.1, 0.15) is 0 Å². The molecule has 1 fully saturated rings. The van der Waals surface area contributed by atoms with Gasteiger partial charge in [0.25, 0.3) is 0 Å². The molecule has 2 N–H and O–H groups in total. The molecule has 1 rings (SSSR count). The van der Waals surface area contributed by atoms with Crippen molar-refractivity contribution in [3.05, 3.63) is 0 Å². The van der Waals surface area contributed by atoms with Crippen molar-refractivity contribution in [3.8, 4) is 0 Å². The minimum Gasteiger partial charge on any atom is -0.385 e. The van der Waals surface area contributed by atoms with Crippen molar-refractivity contribution in [2.24, 2.45) is 5.73 Å². The predicted octanol–water partition coefficient (Wildman–Crippen LogP) is 0.850. The van der Waals surface area contributed by atoms with E-state index in [1.807, 2.05) is 0 Å². The van der Waals surface area contributed by atoms with Crippen LogP contribution in [-0.4, -0.2) is 56.0 Å². The second kappa shape index (κ2) is 5.96. The molecule has 0 aromatic rings. The second-order valence-corrected chi connectivity index (χ2v) is 5.11. The first-order valence-electron chi connectivity index (χ1n) is 6.11. The van der Waals surface area contributed by atoms with Crippen molar-refractivity contribution in [1.29, 1.82) is 0 Å². The highest BCUT2D eigenvalue weighted by atomic mass is 16.5. The molecule has 3 atom stereocenters. The van der Waals surface area contributed by atoms with Crippen molar-refractivity contribution < 1.29 is 9.47 Å². The third-order valence-corrected chi connectivity index (χ3v) is 3.47. The molecule has 16 heavy (non-hydrogen) atoms. The van der Waals surface area contributed by atoms with Crippen LogP contribution in [0.1, 0.15) is 27.2 Å². The van der Waals surface area contributed by atoms with Gasteiger partial charge in [-0.15, -0.1) is 0 Å². The summed E-state index contributed by atoms with van der Waals surface area (Å²) in [7, 11) is 1.74. The fourth-order valence-corrected chi connectivity index (χ4v) is 2.33. The highest BCUT2D eigenvalue weighted by Crippen LogP contribution is 2.23. The van der Waals surface area contributed by atoms with Gasteiger partial charge in [-0.05, 0) is 27.2 Å². The largest absolute Gasteiger partial charge is 0.385 e. The van der Waals surface area contributed by atoms with Crippen LogP contribution in [0, 0.1) is 0 Å². The van der Waals surface area contributed by atoms with Crippen molar-refractivity contribution in [1.82, 2.24) is 4.90 Å². The topological polar surface area (TPSA) is 47.7 Å². The summed E-state index contributed by atoms with van der Waals surface area (Å²) in [6, 6.07) is 0. The van der Waals surface area contributed by atoms with E-state index in [2.05, 4.69) is 25.7 Å². The molecule has 1 aliphatic heterocycles. The lowest BCUT2D eigenvalue weighted by atomic mass is 9.94. The van der Waals surface area contributed by atoms with E-state index in [1.54, 1.807) is 7.11 Å². The summed E-state index contributed by atoms with van der Waals surface area (Å²) in [5.41, 5.74) is 5.96. The van der Waals surface area contributed by atoms with E-state index in [1.165, 1.54) is 0 Å².